The van der Waals surface area contributed by atoms with E-state index in [-0.39, 0.29) is 17.5 Å². The third-order valence-electron chi connectivity index (χ3n) is 3.28. The van der Waals surface area contributed by atoms with Crippen molar-refractivity contribution in [3.05, 3.63) is 35.9 Å². The number of allylic oxidation sites excluding steroid dienone is 1. The van der Waals surface area contributed by atoms with Crippen molar-refractivity contribution in [2.24, 2.45) is 0 Å². The Bertz CT molecular complexity index is 449. The molecule has 0 amide bonds. The summed E-state index contributed by atoms with van der Waals surface area (Å²) in [7, 11) is 1.63. The van der Waals surface area contributed by atoms with Crippen LogP contribution in [0.1, 0.15) is 25.0 Å². The number of aromatic hydroxyl groups is 1. The van der Waals surface area contributed by atoms with E-state index in [9.17, 15) is 5.11 Å². The minimum absolute atomic E-state index is 0.277. The van der Waals surface area contributed by atoms with Crippen LogP contribution in [0.25, 0.3) is 0 Å². The second-order valence-electron chi connectivity index (χ2n) is 4.84. The maximum absolute atomic E-state index is 9.95. The predicted octanol–water partition coefficient (Wildman–Crippen LogP) is 2.76. The smallest absolute Gasteiger partial charge is 0.208 e. The molecule has 1 aromatic rings. The van der Waals surface area contributed by atoms with Gasteiger partial charge in [0.2, 0.25) is 6.29 Å². The number of methoxy groups -OCH3 is 1. The summed E-state index contributed by atoms with van der Waals surface area (Å²) in [5.41, 5.74) is 1.62. The third-order valence-corrected chi connectivity index (χ3v) is 3.28. The molecule has 0 bridgehead atoms. The maximum Gasteiger partial charge on any atom is 0.208 e. The Balaban J connectivity index is 2.60. The van der Waals surface area contributed by atoms with Gasteiger partial charge in [0, 0.05) is 18.2 Å². The fraction of sp³-hybridized carbons (Fsp3) is 0.429. The molecule has 3 nitrogen and oxygen atoms in total. The average Bonchev–Trinajstić information content (AvgIpc) is 2.54. The molecule has 0 aromatic heterocycles. The first-order valence-corrected chi connectivity index (χ1v) is 5.68. The first kappa shape index (κ1) is 12.0. The standard InChI is InChI=1S/C14H18O3/c1-5-6-9-10(15)7-8-11-12(9)14(2,3)13(16-4)17-11/h5,7-8,13,15H,1,6H2,2-4H3. The van der Waals surface area contributed by atoms with Crippen LogP contribution in [0.2, 0.25) is 0 Å². The summed E-state index contributed by atoms with van der Waals surface area (Å²) >= 11 is 0. The SMILES string of the molecule is C=CCc1c(O)ccc2c1C(C)(C)C(OC)O2. The van der Waals surface area contributed by atoms with Crippen LogP contribution in [0.4, 0.5) is 0 Å². The highest BCUT2D eigenvalue weighted by molar-refractivity contribution is 5.55. The molecular weight excluding hydrogens is 216 g/mol. The van der Waals surface area contributed by atoms with Crippen molar-refractivity contribution in [3.63, 3.8) is 0 Å². The van der Waals surface area contributed by atoms with Gasteiger partial charge in [-0.3, -0.25) is 0 Å². The molecule has 0 radical (unpaired) electrons. The lowest BCUT2D eigenvalue weighted by atomic mass is 9.81. The summed E-state index contributed by atoms with van der Waals surface area (Å²) in [4.78, 5) is 0. The Morgan fingerprint density at radius 3 is 2.82 bits per heavy atom. The molecule has 3 heteroatoms. The van der Waals surface area contributed by atoms with Gasteiger partial charge in [-0.05, 0) is 32.4 Å². The van der Waals surface area contributed by atoms with Crippen molar-refractivity contribution in [2.75, 3.05) is 7.11 Å². The minimum atomic E-state index is -0.317. The van der Waals surface area contributed by atoms with Crippen molar-refractivity contribution in [1.29, 1.82) is 0 Å². The molecular formula is C14H18O3. The van der Waals surface area contributed by atoms with Crippen LogP contribution in [-0.4, -0.2) is 18.5 Å². The predicted molar refractivity (Wildman–Crippen MR) is 66.5 cm³/mol. The molecule has 1 unspecified atom stereocenters. The summed E-state index contributed by atoms with van der Waals surface area (Å²) in [6.07, 6.45) is 2.09. The second kappa shape index (κ2) is 4.08. The molecule has 2 rings (SSSR count). The lowest BCUT2D eigenvalue weighted by molar-refractivity contribution is -0.0779. The van der Waals surface area contributed by atoms with Crippen molar-refractivity contribution in [2.45, 2.75) is 32.0 Å². The molecule has 1 aliphatic heterocycles. The van der Waals surface area contributed by atoms with Gasteiger partial charge in [-0.1, -0.05) is 6.08 Å². The zero-order chi connectivity index (χ0) is 12.6. The number of benzene rings is 1. The lowest BCUT2D eigenvalue weighted by Gasteiger charge is -2.25. The van der Waals surface area contributed by atoms with Gasteiger partial charge in [-0.25, -0.2) is 0 Å². The second-order valence-corrected chi connectivity index (χ2v) is 4.84. The van der Waals surface area contributed by atoms with E-state index in [0.717, 1.165) is 16.9 Å². The number of phenols is 1. The fourth-order valence-electron chi connectivity index (χ4n) is 2.49. The maximum atomic E-state index is 9.95. The third kappa shape index (κ3) is 1.71. The highest BCUT2D eigenvalue weighted by Gasteiger charge is 2.44. The van der Waals surface area contributed by atoms with Crippen molar-refractivity contribution in [3.8, 4) is 11.5 Å². The minimum Gasteiger partial charge on any atom is -0.508 e. The number of hydrogen-bond acceptors (Lipinski definition) is 3. The first-order chi connectivity index (χ1) is 8.02. The quantitative estimate of drug-likeness (QED) is 0.817. The molecule has 1 aromatic carbocycles. The van der Waals surface area contributed by atoms with E-state index in [1.165, 1.54) is 0 Å². The summed E-state index contributed by atoms with van der Waals surface area (Å²) < 4.78 is 11.1. The van der Waals surface area contributed by atoms with E-state index in [1.54, 1.807) is 25.3 Å². The van der Waals surface area contributed by atoms with Crippen molar-refractivity contribution >= 4 is 0 Å². The van der Waals surface area contributed by atoms with Crippen LogP contribution in [0.5, 0.6) is 11.5 Å². The van der Waals surface area contributed by atoms with Gasteiger partial charge < -0.3 is 14.6 Å². The highest BCUT2D eigenvalue weighted by atomic mass is 16.7. The van der Waals surface area contributed by atoms with E-state index >= 15 is 0 Å². The summed E-state index contributed by atoms with van der Waals surface area (Å²) in [5.74, 6) is 1.08. The lowest BCUT2D eigenvalue weighted by Crippen LogP contribution is -2.34. The normalized spacial score (nSPS) is 20.8. The molecule has 1 N–H and O–H groups in total. The van der Waals surface area contributed by atoms with Crippen LogP contribution in [-0.2, 0) is 16.6 Å². The molecule has 17 heavy (non-hydrogen) atoms. The Morgan fingerprint density at radius 2 is 2.24 bits per heavy atom. The number of rotatable bonds is 3. The molecule has 1 aliphatic rings. The Hall–Kier alpha value is -1.48. The van der Waals surface area contributed by atoms with Gasteiger partial charge in [-0.15, -0.1) is 6.58 Å². The van der Waals surface area contributed by atoms with Crippen LogP contribution in [0.15, 0.2) is 24.8 Å². The Kier molecular flexibility index (Phi) is 2.87. The summed E-state index contributed by atoms with van der Waals surface area (Å²) in [6, 6.07) is 3.45. The van der Waals surface area contributed by atoms with Crippen LogP contribution >= 0.6 is 0 Å². The molecule has 0 saturated heterocycles. The van der Waals surface area contributed by atoms with E-state index in [2.05, 4.69) is 20.4 Å². The number of hydrogen-bond donors (Lipinski definition) is 1. The van der Waals surface area contributed by atoms with Crippen LogP contribution in [0, 0.1) is 0 Å². The monoisotopic (exact) mass is 234 g/mol. The fourth-order valence-corrected chi connectivity index (χ4v) is 2.49. The molecule has 0 aliphatic carbocycles. The van der Waals surface area contributed by atoms with Crippen molar-refractivity contribution < 1.29 is 14.6 Å². The topological polar surface area (TPSA) is 38.7 Å². The van der Waals surface area contributed by atoms with Gasteiger partial charge in [0.1, 0.15) is 11.5 Å². The molecule has 0 fully saturated rings. The number of phenolic OH excluding ortho intramolecular Hbond substituents is 1. The number of fused-ring (bicyclic) bond motifs is 1. The first-order valence-electron chi connectivity index (χ1n) is 5.68. The van der Waals surface area contributed by atoms with Crippen LogP contribution in [0.3, 0.4) is 0 Å². The zero-order valence-corrected chi connectivity index (χ0v) is 10.5. The largest absolute Gasteiger partial charge is 0.508 e. The molecule has 92 valence electrons. The number of ether oxygens (including phenoxy) is 2. The van der Waals surface area contributed by atoms with E-state index in [0.29, 0.717) is 6.42 Å². The summed E-state index contributed by atoms with van der Waals surface area (Å²) in [5, 5.41) is 9.95. The van der Waals surface area contributed by atoms with Crippen molar-refractivity contribution in [1.82, 2.24) is 0 Å². The summed E-state index contributed by atoms with van der Waals surface area (Å²) in [6.45, 7) is 7.84. The van der Waals surface area contributed by atoms with Gasteiger partial charge in [0.25, 0.3) is 0 Å². The molecule has 1 atom stereocenters. The Labute approximate surface area is 102 Å². The van der Waals surface area contributed by atoms with E-state index < -0.39 is 0 Å². The molecule has 1 heterocycles. The van der Waals surface area contributed by atoms with Gasteiger partial charge in [-0.2, -0.15) is 0 Å². The van der Waals surface area contributed by atoms with Gasteiger partial charge >= 0.3 is 0 Å². The van der Waals surface area contributed by atoms with Crippen LogP contribution < -0.4 is 4.74 Å². The van der Waals surface area contributed by atoms with Gasteiger partial charge in [0.05, 0.1) is 5.41 Å². The highest BCUT2D eigenvalue weighted by Crippen LogP contribution is 2.47. The Morgan fingerprint density at radius 1 is 1.53 bits per heavy atom. The van der Waals surface area contributed by atoms with E-state index in [4.69, 9.17) is 9.47 Å². The average molecular weight is 234 g/mol. The molecule has 0 saturated carbocycles. The zero-order valence-electron chi connectivity index (χ0n) is 10.5. The van der Waals surface area contributed by atoms with Gasteiger partial charge in [0.15, 0.2) is 0 Å². The van der Waals surface area contributed by atoms with E-state index in [1.807, 2.05) is 0 Å². The molecule has 0 spiro atoms.